The molecule has 1 aliphatic carbocycles. The normalized spacial score (nSPS) is 13.7. The van der Waals surface area contributed by atoms with Gasteiger partial charge < -0.3 is 0 Å². The van der Waals surface area contributed by atoms with Gasteiger partial charge in [-0.3, -0.25) is 14.5 Å². The number of thioether (sulfide) groups is 1. The number of carbonyl (C=O) groups excluding carboxylic acids is 2. The molecule has 1 aromatic carbocycles. The summed E-state index contributed by atoms with van der Waals surface area (Å²) in [6.07, 6.45) is 2.51. The summed E-state index contributed by atoms with van der Waals surface area (Å²) in [5.41, 5.74) is 3.99. The molecule has 0 bridgehead atoms. The highest BCUT2D eigenvalue weighted by Gasteiger charge is 2.35. The van der Waals surface area contributed by atoms with Crippen LogP contribution in [0.2, 0.25) is 0 Å². The summed E-state index contributed by atoms with van der Waals surface area (Å²) in [7, 11) is 0. The third-order valence-corrected chi connectivity index (χ3v) is 6.42. The Morgan fingerprint density at radius 1 is 1.19 bits per heavy atom. The molecule has 26 heavy (non-hydrogen) atoms. The minimum Gasteiger partial charge on any atom is -0.293 e. The molecule has 1 saturated carbocycles. The van der Waals surface area contributed by atoms with Crippen LogP contribution >= 0.6 is 23.1 Å². The van der Waals surface area contributed by atoms with Crippen LogP contribution in [0.4, 0.5) is 5.13 Å². The highest BCUT2D eigenvalue weighted by Crippen LogP contribution is 2.36. The Balaban J connectivity index is 1.68. The second-order valence-electron chi connectivity index (χ2n) is 6.68. The van der Waals surface area contributed by atoms with E-state index in [1.807, 2.05) is 39.8 Å². The summed E-state index contributed by atoms with van der Waals surface area (Å²) in [6.45, 7) is 7.85. The summed E-state index contributed by atoms with van der Waals surface area (Å²) in [4.78, 5) is 26.6. The average Bonchev–Trinajstić information content (AvgIpc) is 3.29. The Hall–Kier alpha value is -1.73. The van der Waals surface area contributed by atoms with Crippen molar-refractivity contribution in [2.45, 2.75) is 57.3 Å². The fourth-order valence-corrected chi connectivity index (χ4v) is 4.95. The molecule has 1 heterocycles. The van der Waals surface area contributed by atoms with Gasteiger partial charge in [-0.2, -0.15) is 0 Å². The molecule has 0 N–H and O–H groups in total. The van der Waals surface area contributed by atoms with E-state index >= 15 is 0 Å². The van der Waals surface area contributed by atoms with Crippen LogP contribution in [0.25, 0.3) is 0 Å². The molecule has 0 radical (unpaired) electrons. The monoisotopic (exact) mass is 389 g/mol. The van der Waals surface area contributed by atoms with Crippen LogP contribution in [0.5, 0.6) is 0 Å². The van der Waals surface area contributed by atoms with E-state index in [-0.39, 0.29) is 17.7 Å². The largest absolute Gasteiger partial charge is 0.293 e. The second kappa shape index (κ2) is 7.88. The lowest BCUT2D eigenvalue weighted by atomic mass is 9.97. The standard InChI is InChI=1S/C19H23N3O2S2/c1-5-16(24)22(14-6-7-14)18-20-21-19(26-18)25-10-15(23)17-12(3)8-11(2)9-13(17)4/h8-9,14H,5-7,10H2,1-4H3. The molecule has 0 spiro atoms. The van der Waals surface area contributed by atoms with Gasteiger partial charge in [0, 0.05) is 18.0 Å². The topological polar surface area (TPSA) is 63.2 Å². The summed E-state index contributed by atoms with van der Waals surface area (Å²) in [6, 6.07) is 4.35. The molecule has 1 amide bonds. The maximum absolute atomic E-state index is 12.7. The molecule has 1 aromatic heterocycles. The van der Waals surface area contributed by atoms with Crippen molar-refractivity contribution in [1.82, 2.24) is 10.2 Å². The van der Waals surface area contributed by atoms with E-state index < -0.39 is 0 Å². The molecule has 0 atom stereocenters. The molecule has 0 unspecified atom stereocenters. The molecular weight excluding hydrogens is 366 g/mol. The maximum Gasteiger partial charge on any atom is 0.228 e. The zero-order valence-corrected chi connectivity index (χ0v) is 17.2. The molecule has 0 aliphatic heterocycles. The molecule has 5 nitrogen and oxygen atoms in total. The van der Waals surface area contributed by atoms with Gasteiger partial charge in [0.2, 0.25) is 11.0 Å². The zero-order valence-electron chi connectivity index (χ0n) is 15.5. The number of carbonyl (C=O) groups is 2. The van der Waals surface area contributed by atoms with Crippen LogP contribution in [-0.2, 0) is 4.79 Å². The number of hydrogen-bond donors (Lipinski definition) is 0. The number of amides is 1. The molecular formula is C19H23N3O2S2. The van der Waals surface area contributed by atoms with E-state index in [9.17, 15) is 9.59 Å². The second-order valence-corrected chi connectivity index (χ2v) is 8.86. The van der Waals surface area contributed by atoms with Crippen LogP contribution in [0.3, 0.4) is 0 Å². The van der Waals surface area contributed by atoms with Crippen molar-refractivity contribution in [2.24, 2.45) is 0 Å². The summed E-state index contributed by atoms with van der Waals surface area (Å²) in [5.74, 6) is 0.512. The number of rotatable bonds is 7. The minimum atomic E-state index is 0.0854. The Labute approximate surface area is 162 Å². The fraction of sp³-hybridized carbons (Fsp3) is 0.474. The van der Waals surface area contributed by atoms with Gasteiger partial charge in [0.1, 0.15) is 0 Å². The number of anilines is 1. The fourth-order valence-electron chi connectivity index (χ4n) is 3.15. The van der Waals surface area contributed by atoms with Gasteiger partial charge in [0.25, 0.3) is 0 Å². The van der Waals surface area contributed by atoms with E-state index in [0.717, 1.165) is 33.9 Å². The predicted molar refractivity (Wildman–Crippen MR) is 106 cm³/mol. The first kappa shape index (κ1) is 19.0. The third-order valence-electron chi connectivity index (χ3n) is 4.37. The van der Waals surface area contributed by atoms with Gasteiger partial charge in [-0.15, -0.1) is 10.2 Å². The van der Waals surface area contributed by atoms with Crippen molar-refractivity contribution in [3.8, 4) is 0 Å². The third kappa shape index (κ3) is 4.15. The van der Waals surface area contributed by atoms with Crippen LogP contribution in [0, 0.1) is 20.8 Å². The molecule has 7 heteroatoms. The SMILES string of the molecule is CCC(=O)N(c1nnc(SCC(=O)c2c(C)cc(C)cc2C)s1)C1CC1. The number of hydrogen-bond acceptors (Lipinski definition) is 6. The molecule has 138 valence electrons. The van der Waals surface area contributed by atoms with Crippen molar-refractivity contribution in [3.63, 3.8) is 0 Å². The summed E-state index contributed by atoms with van der Waals surface area (Å²) in [5, 5.41) is 9.01. The number of benzene rings is 1. The molecule has 1 aliphatic rings. The molecule has 0 saturated heterocycles. The first-order valence-electron chi connectivity index (χ1n) is 8.80. The minimum absolute atomic E-state index is 0.0854. The van der Waals surface area contributed by atoms with Gasteiger partial charge in [-0.25, -0.2) is 0 Å². The van der Waals surface area contributed by atoms with Gasteiger partial charge in [0.05, 0.1) is 5.75 Å². The smallest absolute Gasteiger partial charge is 0.228 e. The number of Topliss-reactive ketones (excluding diaryl/α,β-unsaturated/α-hetero) is 1. The maximum atomic E-state index is 12.7. The van der Waals surface area contributed by atoms with Gasteiger partial charge in [-0.1, -0.05) is 47.7 Å². The van der Waals surface area contributed by atoms with Crippen molar-refractivity contribution >= 4 is 39.9 Å². The van der Waals surface area contributed by atoms with Crippen LogP contribution in [-0.4, -0.2) is 33.7 Å². The van der Waals surface area contributed by atoms with E-state index in [1.54, 1.807) is 4.90 Å². The predicted octanol–water partition coefficient (Wildman–Crippen LogP) is 4.34. The van der Waals surface area contributed by atoms with Gasteiger partial charge in [0.15, 0.2) is 10.1 Å². The van der Waals surface area contributed by atoms with Crippen molar-refractivity contribution < 1.29 is 9.59 Å². The number of aryl methyl sites for hydroxylation is 3. The summed E-state index contributed by atoms with van der Waals surface area (Å²) >= 11 is 2.79. The lowest BCUT2D eigenvalue weighted by molar-refractivity contribution is -0.118. The Bertz CT molecular complexity index is 820. The highest BCUT2D eigenvalue weighted by atomic mass is 32.2. The molecule has 1 fully saturated rings. The first-order valence-corrected chi connectivity index (χ1v) is 10.6. The van der Waals surface area contributed by atoms with Crippen LogP contribution in [0.15, 0.2) is 16.5 Å². The number of aromatic nitrogens is 2. The first-order chi connectivity index (χ1) is 12.4. The Kier molecular flexibility index (Phi) is 5.77. The van der Waals surface area contributed by atoms with Crippen LogP contribution < -0.4 is 4.90 Å². The summed E-state index contributed by atoms with van der Waals surface area (Å²) < 4.78 is 0.727. The van der Waals surface area contributed by atoms with E-state index in [4.69, 9.17) is 0 Å². The van der Waals surface area contributed by atoms with Crippen molar-refractivity contribution in [1.29, 1.82) is 0 Å². The van der Waals surface area contributed by atoms with E-state index in [0.29, 0.717) is 17.3 Å². The van der Waals surface area contributed by atoms with Gasteiger partial charge in [-0.05, 0) is 44.7 Å². The highest BCUT2D eigenvalue weighted by molar-refractivity contribution is 8.01. The molecule has 2 aromatic rings. The quantitative estimate of drug-likeness (QED) is 0.400. The molecule has 3 rings (SSSR count). The van der Waals surface area contributed by atoms with Crippen molar-refractivity contribution in [3.05, 3.63) is 34.4 Å². The van der Waals surface area contributed by atoms with Gasteiger partial charge >= 0.3 is 0 Å². The van der Waals surface area contributed by atoms with Crippen LogP contribution in [0.1, 0.15) is 53.2 Å². The zero-order chi connectivity index (χ0) is 18.8. The van der Waals surface area contributed by atoms with Crippen molar-refractivity contribution in [2.75, 3.05) is 10.7 Å². The lowest BCUT2D eigenvalue weighted by Gasteiger charge is -2.17. The lowest BCUT2D eigenvalue weighted by Crippen LogP contribution is -2.32. The Morgan fingerprint density at radius 2 is 1.85 bits per heavy atom. The van der Waals surface area contributed by atoms with E-state index in [1.165, 1.54) is 28.7 Å². The Morgan fingerprint density at radius 3 is 2.42 bits per heavy atom. The number of nitrogens with zero attached hydrogens (tertiary/aromatic N) is 3. The average molecular weight is 390 g/mol. The van der Waals surface area contributed by atoms with E-state index in [2.05, 4.69) is 10.2 Å². The number of ketones is 1.